The molecule has 2 N–H and O–H groups in total. The standard InChI is InChI=1S/C18H30N4/c1-5-12-20-18(19-6-2)21-14-16-10-9-11-17(13-16)15-22(7-3)8-4/h5,9-11,13H,1,6-8,12,14-15H2,2-4H3,(H2,19,20,21). The Morgan fingerprint density at radius 1 is 1.18 bits per heavy atom. The summed E-state index contributed by atoms with van der Waals surface area (Å²) in [6.45, 7) is 15.6. The number of aliphatic imine (C=N–C) groups is 1. The van der Waals surface area contributed by atoms with Crippen molar-refractivity contribution in [1.29, 1.82) is 0 Å². The largest absolute Gasteiger partial charge is 0.357 e. The van der Waals surface area contributed by atoms with E-state index < -0.39 is 0 Å². The molecule has 0 radical (unpaired) electrons. The normalized spacial score (nSPS) is 11.5. The molecule has 0 unspecified atom stereocenters. The van der Waals surface area contributed by atoms with E-state index >= 15 is 0 Å². The smallest absolute Gasteiger partial charge is 0.191 e. The summed E-state index contributed by atoms with van der Waals surface area (Å²) in [6, 6.07) is 8.69. The molecule has 0 fully saturated rings. The molecule has 4 heteroatoms. The number of benzene rings is 1. The predicted molar refractivity (Wildman–Crippen MR) is 96.1 cm³/mol. The van der Waals surface area contributed by atoms with Gasteiger partial charge in [-0.1, -0.05) is 44.2 Å². The maximum atomic E-state index is 4.61. The number of nitrogens with one attached hydrogen (secondary N) is 2. The fourth-order valence-electron chi connectivity index (χ4n) is 2.21. The molecular formula is C18H30N4. The summed E-state index contributed by atoms with van der Waals surface area (Å²) in [5, 5.41) is 6.45. The Hall–Kier alpha value is -1.81. The van der Waals surface area contributed by atoms with Crippen LogP contribution in [0.1, 0.15) is 31.9 Å². The van der Waals surface area contributed by atoms with Crippen LogP contribution in [0.4, 0.5) is 0 Å². The highest BCUT2D eigenvalue weighted by atomic mass is 15.2. The van der Waals surface area contributed by atoms with Gasteiger partial charge in [-0.05, 0) is 31.1 Å². The van der Waals surface area contributed by atoms with Crippen LogP contribution >= 0.6 is 0 Å². The zero-order valence-corrected chi connectivity index (χ0v) is 14.2. The van der Waals surface area contributed by atoms with Gasteiger partial charge in [0.05, 0.1) is 6.54 Å². The molecule has 0 spiro atoms. The molecule has 0 aliphatic heterocycles. The van der Waals surface area contributed by atoms with Gasteiger partial charge < -0.3 is 10.6 Å². The quantitative estimate of drug-likeness (QED) is 0.418. The van der Waals surface area contributed by atoms with Gasteiger partial charge in [-0.3, -0.25) is 4.90 Å². The van der Waals surface area contributed by atoms with Crippen molar-refractivity contribution in [3.05, 3.63) is 48.0 Å². The topological polar surface area (TPSA) is 39.7 Å². The molecule has 1 aromatic carbocycles. The van der Waals surface area contributed by atoms with Gasteiger partial charge in [0.2, 0.25) is 0 Å². The lowest BCUT2D eigenvalue weighted by Gasteiger charge is -2.18. The van der Waals surface area contributed by atoms with Gasteiger partial charge in [-0.15, -0.1) is 6.58 Å². The zero-order chi connectivity index (χ0) is 16.2. The summed E-state index contributed by atoms with van der Waals surface area (Å²) in [4.78, 5) is 7.03. The van der Waals surface area contributed by atoms with Gasteiger partial charge in [0, 0.05) is 19.6 Å². The van der Waals surface area contributed by atoms with Crippen LogP contribution in [-0.2, 0) is 13.1 Å². The lowest BCUT2D eigenvalue weighted by molar-refractivity contribution is 0.296. The van der Waals surface area contributed by atoms with Crippen molar-refractivity contribution in [2.75, 3.05) is 26.2 Å². The van der Waals surface area contributed by atoms with Crippen LogP contribution in [0.2, 0.25) is 0 Å². The SMILES string of the molecule is C=CCNC(=NCc1cccc(CN(CC)CC)c1)NCC. The first kappa shape index (κ1) is 18.2. The fourth-order valence-corrected chi connectivity index (χ4v) is 2.21. The number of rotatable bonds is 9. The summed E-state index contributed by atoms with van der Waals surface area (Å²) in [6.07, 6.45) is 1.83. The van der Waals surface area contributed by atoms with Gasteiger partial charge in [0.1, 0.15) is 0 Å². The molecule has 0 saturated heterocycles. The second kappa shape index (κ2) is 10.9. The summed E-state index contributed by atoms with van der Waals surface area (Å²) in [5.74, 6) is 0.830. The van der Waals surface area contributed by atoms with Gasteiger partial charge >= 0.3 is 0 Å². The Kier molecular flexibility index (Phi) is 9.00. The Bertz CT molecular complexity index is 464. The van der Waals surface area contributed by atoms with E-state index in [1.54, 1.807) is 0 Å². The van der Waals surface area contributed by atoms with E-state index in [1.165, 1.54) is 11.1 Å². The van der Waals surface area contributed by atoms with Crippen LogP contribution in [0.15, 0.2) is 41.9 Å². The highest BCUT2D eigenvalue weighted by Gasteiger charge is 2.02. The molecule has 1 aromatic rings. The van der Waals surface area contributed by atoms with Gasteiger partial charge in [0.25, 0.3) is 0 Å². The maximum absolute atomic E-state index is 4.61. The number of hydrogen-bond acceptors (Lipinski definition) is 2. The fraction of sp³-hybridized carbons (Fsp3) is 0.500. The van der Waals surface area contributed by atoms with Gasteiger partial charge in [-0.25, -0.2) is 4.99 Å². The minimum absolute atomic E-state index is 0.679. The molecule has 0 aliphatic rings. The first-order chi connectivity index (χ1) is 10.7. The molecule has 22 heavy (non-hydrogen) atoms. The van der Waals surface area contributed by atoms with Gasteiger partial charge in [0.15, 0.2) is 5.96 Å². The maximum Gasteiger partial charge on any atom is 0.191 e. The van der Waals surface area contributed by atoms with Crippen molar-refractivity contribution in [3.8, 4) is 0 Å². The van der Waals surface area contributed by atoms with E-state index in [4.69, 9.17) is 0 Å². The highest BCUT2D eigenvalue weighted by Crippen LogP contribution is 2.09. The van der Waals surface area contributed by atoms with Gasteiger partial charge in [-0.2, -0.15) is 0 Å². The van der Waals surface area contributed by atoms with Crippen molar-refractivity contribution >= 4 is 5.96 Å². The summed E-state index contributed by atoms with van der Waals surface area (Å²) in [7, 11) is 0. The monoisotopic (exact) mass is 302 g/mol. The van der Waals surface area contributed by atoms with E-state index in [0.29, 0.717) is 13.1 Å². The average molecular weight is 302 g/mol. The molecule has 0 amide bonds. The summed E-state index contributed by atoms with van der Waals surface area (Å²) < 4.78 is 0. The zero-order valence-electron chi connectivity index (χ0n) is 14.2. The Balaban J connectivity index is 2.69. The van der Waals surface area contributed by atoms with Crippen molar-refractivity contribution in [2.24, 2.45) is 4.99 Å². The average Bonchev–Trinajstić information content (AvgIpc) is 2.55. The van der Waals surface area contributed by atoms with Crippen molar-refractivity contribution in [3.63, 3.8) is 0 Å². The molecule has 0 saturated carbocycles. The molecule has 0 aromatic heterocycles. The number of hydrogen-bond donors (Lipinski definition) is 2. The number of guanidine groups is 1. The van der Waals surface area contributed by atoms with E-state index in [-0.39, 0.29) is 0 Å². The highest BCUT2D eigenvalue weighted by molar-refractivity contribution is 5.79. The van der Waals surface area contributed by atoms with Crippen LogP contribution in [0, 0.1) is 0 Å². The Morgan fingerprint density at radius 3 is 2.55 bits per heavy atom. The van der Waals surface area contributed by atoms with Crippen molar-refractivity contribution in [1.82, 2.24) is 15.5 Å². The number of nitrogens with zero attached hydrogens (tertiary/aromatic N) is 2. The minimum Gasteiger partial charge on any atom is -0.357 e. The Labute approximate surface area is 135 Å². The second-order valence-electron chi connectivity index (χ2n) is 5.15. The third kappa shape index (κ3) is 6.76. The van der Waals surface area contributed by atoms with Crippen LogP contribution in [0.3, 0.4) is 0 Å². The third-order valence-corrected chi connectivity index (χ3v) is 3.47. The molecule has 1 rings (SSSR count). The van der Waals surface area contributed by atoms with Crippen LogP contribution in [-0.4, -0.2) is 37.0 Å². The van der Waals surface area contributed by atoms with Crippen molar-refractivity contribution < 1.29 is 0 Å². The molecule has 0 bridgehead atoms. The van der Waals surface area contributed by atoms with E-state index in [1.807, 2.05) is 6.08 Å². The van der Waals surface area contributed by atoms with Crippen LogP contribution < -0.4 is 10.6 Å². The minimum atomic E-state index is 0.679. The molecule has 122 valence electrons. The lowest BCUT2D eigenvalue weighted by Crippen LogP contribution is -2.37. The summed E-state index contributed by atoms with van der Waals surface area (Å²) in [5.41, 5.74) is 2.58. The van der Waals surface area contributed by atoms with E-state index in [2.05, 4.69) is 72.1 Å². The molecule has 0 heterocycles. The summed E-state index contributed by atoms with van der Waals surface area (Å²) >= 11 is 0. The van der Waals surface area contributed by atoms with Crippen molar-refractivity contribution in [2.45, 2.75) is 33.9 Å². The Morgan fingerprint density at radius 2 is 1.91 bits per heavy atom. The molecule has 0 aliphatic carbocycles. The van der Waals surface area contributed by atoms with Crippen LogP contribution in [0.25, 0.3) is 0 Å². The predicted octanol–water partition coefficient (Wildman–Crippen LogP) is 2.77. The first-order valence-electron chi connectivity index (χ1n) is 8.16. The third-order valence-electron chi connectivity index (χ3n) is 3.47. The second-order valence-corrected chi connectivity index (χ2v) is 5.15. The molecule has 4 nitrogen and oxygen atoms in total. The molecular weight excluding hydrogens is 272 g/mol. The first-order valence-corrected chi connectivity index (χ1v) is 8.16. The molecule has 0 atom stereocenters. The lowest BCUT2D eigenvalue weighted by atomic mass is 10.1. The van der Waals surface area contributed by atoms with E-state index in [9.17, 15) is 0 Å². The van der Waals surface area contributed by atoms with Crippen LogP contribution in [0.5, 0.6) is 0 Å². The van der Waals surface area contributed by atoms with E-state index in [0.717, 1.165) is 32.1 Å².